The van der Waals surface area contributed by atoms with Crippen molar-refractivity contribution in [2.75, 3.05) is 24.7 Å². The van der Waals surface area contributed by atoms with Gasteiger partial charge in [0.2, 0.25) is 0 Å². The van der Waals surface area contributed by atoms with Gasteiger partial charge in [0.1, 0.15) is 6.67 Å². The summed E-state index contributed by atoms with van der Waals surface area (Å²) in [5, 5.41) is 13.6. The Morgan fingerprint density at radius 1 is 1.11 bits per heavy atom. The van der Waals surface area contributed by atoms with E-state index >= 15 is 0 Å². The molecule has 2 aromatic carbocycles. The molecule has 1 fully saturated rings. The van der Waals surface area contributed by atoms with Crippen LogP contribution in [-0.2, 0) is 11.4 Å². The first-order valence-electron chi connectivity index (χ1n) is 11.7. The van der Waals surface area contributed by atoms with Crippen molar-refractivity contribution in [1.82, 2.24) is 9.61 Å². The molecule has 0 saturated carbocycles. The van der Waals surface area contributed by atoms with E-state index in [1.807, 2.05) is 30.3 Å². The lowest BCUT2D eigenvalue weighted by Gasteiger charge is -2.30. The standard InChI is InChI=1S/C28H25FN4O2/c29-16-20-1-5-23(6-2-20)26-18-31-33-12-9-24(15-27(26)33)28(34)32(19-22-10-13-35-14-11-22)25-7-3-21(17-30)4-8-25/h1-9,12,15,18,22H,10-11,13-14,16,19H2. The third-order valence-electron chi connectivity index (χ3n) is 6.52. The number of nitriles is 1. The first kappa shape index (κ1) is 22.8. The smallest absolute Gasteiger partial charge is 0.258 e. The van der Waals surface area contributed by atoms with Gasteiger partial charge in [-0.3, -0.25) is 4.79 Å². The number of rotatable bonds is 6. The van der Waals surface area contributed by atoms with Gasteiger partial charge in [-0.2, -0.15) is 10.4 Å². The van der Waals surface area contributed by atoms with E-state index in [4.69, 9.17) is 4.74 Å². The molecule has 0 atom stereocenters. The number of fused-ring (bicyclic) bond motifs is 1. The van der Waals surface area contributed by atoms with Gasteiger partial charge in [-0.1, -0.05) is 24.3 Å². The number of carbonyl (C=O) groups is 1. The Hall–Kier alpha value is -4.02. The molecule has 3 heterocycles. The van der Waals surface area contributed by atoms with Crippen molar-refractivity contribution >= 4 is 17.1 Å². The quantitative estimate of drug-likeness (QED) is 0.379. The normalized spacial score (nSPS) is 14.1. The van der Waals surface area contributed by atoms with E-state index < -0.39 is 6.67 Å². The maximum atomic E-state index is 13.8. The number of carbonyl (C=O) groups excluding carboxylic acids is 1. The van der Waals surface area contributed by atoms with E-state index in [9.17, 15) is 14.4 Å². The Labute approximate surface area is 203 Å². The van der Waals surface area contributed by atoms with Crippen molar-refractivity contribution in [2.24, 2.45) is 5.92 Å². The monoisotopic (exact) mass is 468 g/mol. The van der Waals surface area contributed by atoms with Crippen LogP contribution in [-0.4, -0.2) is 35.3 Å². The van der Waals surface area contributed by atoms with Gasteiger partial charge in [0.25, 0.3) is 5.91 Å². The zero-order valence-corrected chi connectivity index (χ0v) is 19.2. The van der Waals surface area contributed by atoms with Crippen LogP contribution in [0.3, 0.4) is 0 Å². The molecule has 5 rings (SSSR count). The number of nitrogens with zero attached hydrogens (tertiary/aromatic N) is 4. The Balaban J connectivity index is 1.50. The molecule has 0 aliphatic carbocycles. The number of hydrogen-bond donors (Lipinski definition) is 0. The molecule has 1 amide bonds. The van der Waals surface area contributed by atoms with Gasteiger partial charge in [0.15, 0.2) is 0 Å². The average Bonchev–Trinajstić information content (AvgIpc) is 3.35. The van der Waals surface area contributed by atoms with Crippen LogP contribution in [0.25, 0.3) is 16.6 Å². The van der Waals surface area contributed by atoms with E-state index in [-0.39, 0.29) is 5.91 Å². The Morgan fingerprint density at radius 2 is 1.86 bits per heavy atom. The number of alkyl halides is 1. The molecule has 0 spiro atoms. The number of amides is 1. The fraction of sp³-hybridized carbons (Fsp3) is 0.250. The summed E-state index contributed by atoms with van der Waals surface area (Å²) < 4.78 is 20.2. The van der Waals surface area contributed by atoms with Gasteiger partial charge in [0, 0.05) is 42.8 Å². The molecule has 176 valence electrons. The number of ether oxygens (including phenoxy) is 1. The summed E-state index contributed by atoms with van der Waals surface area (Å²) in [6, 6.07) is 20.1. The minimum Gasteiger partial charge on any atom is -0.381 e. The molecule has 35 heavy (non-hydrogen) atoms. The molecule has 1 aliphatic heterocycles. The van der Waals surface area contributed by atoms with Crippen LogP contribution in [0, 0.1) is 17.2 Å². The molecular weight excluding hydrogens is 443 g/mol. The van der Waals surface area contributed by atoms with Gasteiger partial charge >= 0.3 is 0 Å². The van der Waals surface area contributed by atoms with Crippen molar-refractivity contribution in [1.29, 1.82) is 5.26 Å². The van der Waals surface area contributed by atoms with Gasteiger partial charge in [-0.05, 0) is 66.3 Å². The summed E-state index contributed by atoms with van der Waals surface area (Å²) in [4.78, 5) is 15.6. The van der Waals surface area contributed by atoms with Crippen LogP contribution in [0.4, 0.5) is 10.1 Å². The molecule has 0 bridgehead atoms. The predicted octanol–water partition coefficient (Wildman–Crippen LogP) is 5.42. The highest BCUT2D eigenvalue weighted by Crippen LogP contribution is 2.28. The maximum absolute atomic E-state index is 13.8. The predicted molar refractivity (Wildman–Crippen MR) is 132 cm³/mol. The fourth-order valence-electron chi connectivity index (χ4n) is 4.47. The third kappa shape index (κ3) is 4.79. The summed E-state index contributed by atoms with van der Waals surface area (Å²) in [6.45, 7) is 1.47. The Bertz CT molecular complexity index is 1370. The molecule has 1 aliphatic rings. The lowest BCUT2D eigenvalue weighted by atomic mass is 9.98. The Kier molecular flexibility index (Phi) is 6.55. The number of anilines is 1. The molecule has 0 N–H and O–H groups in total. The summed E-state index contributed by atoms with van der Waals surface area (Å²) >= 11 is 0. The molecule has 4 aromatic rings. The summed E-state index contributed by atoms with van der Waals surface area (Å²) in [7, 11) is 0. The van der Waals surface area contributed by atoms with E-state index in [0.717, 1.165) is 35.2 Å². The number of benzene rings is 2. The van der Waals surface area contributed by atoms with E-state index in [1.54, 1.807) is 52.1 Å². The minimum absolute atomic E-state index is 0.108. The van der Waals surface area contributed by atoms with Crippen LogP contribution >= 0.6 is 0 Å². The van der Waals surface area contributed by atoms with Crippen molar-refractivity contribution in [3.8, 4) is 17.2 Å². The zero-order valence-electron chi connectivity index (χ0n) is 19.2. The molecule has 0 radical (unpaired) electrons. The van der Waals surface area contributed by atoms with Gasteiger partial charge in [0.05, 0.1) is 23.3 Å². The summed E-state index contributed by atoms with van der Waals surface area (Å²) in [6.07, 6.45) is 5.35. The number of aromatic nitrogens is 2. The van der Waals surface area contributed by atoms with Crippen LogP contribution in [0.5, 0.6) is 0 Å². The second kappa shape index (κ2) is 10.1. The van der Waals surface area contributed by atoms with Crippen LogP contribution in [0.2, 0.25) is 0 Å². The van der Waals surface area contributed by atoms with Gasteiger partial charge < -0.3 is 9.64 Å². The number of hydrogen-bond acceptors (Lipinski definition) is 4. The third-order valence-corrected chi connectivity index (χ3v) is 6.52. The van der Waals surface area contributed by atoms with Crippen molar-refractivity contribution < 1.29 is 13.9 Å². The topological polar surface area (TPSA) is 70.6 Å². The van der Waals surface area contributed by atoms with E-state index in [1.165, 1.54) is 0 Å². The van der Waals surface area contributed by atoms with Crippen molar-refractivity contribution in [3.05, 3.63) is 89.7 Å². The zero-order chi connectivity index (χ0) is 24.2. The Morgan fingerprint density at radius 3 is 2.54 bits per heavy atom. The van der Waals surface area contributed by atoms with Crippen LogP contribution in [0.15, 0.2) is 73.1 Å². The highest BCUT2D eigenvalue weighted by Gasteiger charge is 2.24. The van der Waals surface area contributed by atoms with Crippen molar-refractivity contribution in [3.63, 3.8) is 0 Å². The van der Waals surface area contributed by atoms with Gasteiger partial charge in [-0.15, -0.1) is 0 Å². The first-order valence-corrected chi connectivity index (χ1v) is 11.7. The molecule has 6 nitrogen and oxygen atoms in total. The highest BCUT2D eigenvalue weighted by molar-refractivity contribution is 6.07. The largest absolute Gasteiger partial charge is 0.381 e. The molecular formula is C28H25FN4O2. The molecule has 0 unspecified atom stereocenters. The fourth-order valence-corrected chi connectivity index (χ4v) is 4.47. The molecule has 1 saturated heterocycles. The number of pyridine rings is 1. The minimum atomic E-state index is -0.508. The maximum Gasteiger partial charge on any atom is 0.258 e. The summed E-state index contributed by atoms with van der Waals surface area (Å²) in [5.41, 5.74) is 5.07. The molecule has 2 aromatic heterocycles. The molecule has 7 heteroatoms. The highest BCUT2D eigenvalue weighted by atomic mass is 19.1. The van der Waals surface area contributed by atoms with E-state index in [0.29, 0.717) is 42.4 Å². The lowest BCUT2D eigenvalue weighted by Crippen LogP contribution is -2.37. The summed E-state index contributed by atoms with van der Waals surface area (Å²) in [5.74, 6) is 0.232. The van der Waals surface area contributed by atoms with Crippen LogP contribution in [0.1, 0.15) is 34.3 Å². The van der Waals surface area contributed by atoms with Crippen molar-refractivity contribution in [2.45, 2.75) is 19.5 Å². The SMILES string of the molecule is N#Cc1ccc(N(CC2CCOCC2)C(=O)c2ccn3ncc(-c4ccc(CF)cc4)c3c2)cc1. The number of halogens is 1. The lowest BCUT2D eigenvalue weighted by molar-refractivity contribution is 0.0668. The second-order valence-corrected chi connectivity index (χ2v) is 8.76. The first-order chi connectivity index (χ1) is 17.2. The second-order valence-electron chi connectivity index (χ2n) is 8.76. The average molecular weight is 469 g/mol. The van der Waals surface area contributed by atoms with E-state index in [2.05, 4.69) is 11.2 Å². The van der Waals surface area contributed by atoms with Crippen LogP contribution < -0.4 is 4.90 Å². The van der Waals surface area contributed by atoms with Gasteiger partial charge in [-0.25, -0.2) is 8.91 Å².